The van der Waals surface area contributed by atoms with E-state index in [4.69, 9.17) is 4.74 Å². The number of esters is 1. The zero-order chi connectivity index (χ0) is 12.4. The van der Waals surface area contributed by atoms with E-state index in [-0.39, 0.29) is 12.3 Å². The van der Waals surface area contributed by atoms with E-state index in [2.05, 4.69) is 9.97 Å². The molecule has 0 bridgehead atoms. The van der Waals surface area contributed by atoms with Crippen molar-refractivity contribution in [2.24, 2.45) is 7.05 Å². The molecule has 0 amide bonds. The summed E-state index contributed by atoms with van der Waals surface area (Å²) in [7, 11) is 1.57. The molecule has 2 aromatic heterocycles. The predicted molar refractivity (Wildman–Crippen MR) is 60.7 cm³/mol. The minimum Gasteiger partial charge on any atom is -0.461 e. The normalized spacial score (nSPS) is 10.5. The molecule has 2 aromatic rings. The Kier molecular flexibility index (Phi) is 2.86. The van der Waals surface area contributed by atoms with Crippen molar-refractivity contribution in [2.45, 2.75) is 6.92 Å². The molecule has 0 aliphatic heterocycles. The lowest BCUT2D eigenvalue weighted by Crippen LogP contribution is -2.27. The van der Waals surface area contributed by atoms with Crippen molar-refractivity contribution >= 4 is 17.1 Å². The summed E-state index contributed by atoms with van der Waals surface area (Å²) >= 11 is 0. The van der Waals surface area contributed by atoms with Crippen LogP contribution in [0.15, 0.2) is 23.1 Å². The number of carbonyl (C=O) groups is 1. The van der Waals surface area contributed by atoms with Gasteiger partial charge in [0.2, 0.25) is 5.69 Å². The van der Waals surface area contributed by atoms with Crippen LogP contribution in [0.1, 0.15) is 17.4 Å². The van der Waals surface area contributed by atoms with Crippen LogP contribution in [0.4, 0.5) is 0 Å². The second-order valence-corrected chi connectivity index (χ2v) is 3.39. The molecule has 0 aliphatic rings. The number of nitrogens with zero attached hydrogens (tertiary/aromatic N) is 3. The summed E-state index contributed by atoms with van der Waals surface area (Å²) in [5.74, 6) is -0.722. The second kappa shape index (κ2) is 4.32. The minimum absolute atomic E-state index is 0.198. The van der Waals surface area contributed by atoms with E-state index in [1.165, 1.54) is 4.57 Å². The van der Waals surface area contributed by atoms with Crippen LogP contribution in [-0.2, 0) is 11.8 Å². The Morgan fingerprint density at radius 2 is 2.29 bits per heavy atom. The van der Waals surface area contributed by atoms with Gasteiger partial charge in [0.1, 0.15) is 0 Å². The van der Waals surface area contributed by atoms with E-state index in [0.717, 1.165) is 0 Å². The van der Waals surface area contributed by atoms with Gasteiger partial charge >= 0.3 is 5.97 Å². The summed E-state index contributed by atoms with van der Waals surface area (Å²) in [6.07, 6.45) is 1.55. The van der Waals surface area contributed by atoms with Gasteiger partial charge in [0, 0.05) is 13.2 Å². The van der Waals surface area contributed by atoms with Gasteiger partial charge in [0.15, 0.2) is 5.65 Å². The third-order valence-corrected chi connectivity index (χ3v) is 2.32. The van der Waals surface area contributed by atoms with Crippen molar-refractivity contribution < 1.29 is 9.53 Å². The molecule has 0 saturated carbocycles. The van der Waals surface area contributed by atoms with E-state index in [9.17, 15) is 9.59 Å². The van der Waals surface area contributed by atoms with Gasteiger partial charge in [-0.2, -0.15) is 0 Å². The number of aromatic nitrogens is 3. The number of hydrogen-bond donors (Lipinski definition) is 0. The highest BCUT2D eigenvalue weighted by Crippen LogP contribution is 2.05. The fourth-order valence-corrected chi connectivity index (χ4v) is 1.49. The average Bonchev–Trinajstić information content (AvgIpc) is 2.34. The Hall–Kier alpha value is -2.24. The summed E-state index contributed by atoms with van der Waals surface area (Å²) in [5, 5.41) is 0. The summed E-state index contributed by atoms with van der Waals surface area (Å²) in [6.45, 7) is 1.87. The van der Waals surface area contributed by atoms with Crippen molar-refractivity contribution in [3.63, 3.8) is 0 Å². The molecule has 6 nitrogen and oxygen atoms in total. The minimum atomic E-state index is -0.722. The van der Waals surface area contributed by atoms with Crippen LogP contribution < -0.4 is 5.56 Å². The molecule has 2 rings (SSSR count). The van der Waals surface area contributed by atoms with E-state index >= 15 is 0 Å². The highest BCUT2D eigenvalue weighted by atomic mass is 16.5. The fraction of sp³-hybridized carbons (Fsp3) is 0.273. The van der Waals surface area contributed by atoms with E-state index in [1.807, 2.05) is 0 Å². The maximum Gasteiger partial charge on any atom is 0.362 e. The van der Waals surface area contributed by atoms with Gasteiger partial charge in [-0.3, -0.25) is 4.79 Å². The van der Waals surface area contributed by atoms with Gasteiger partial charge in [-0.05, 0) is 19.1 Å². The third kappa shape index (κ3) is 1.89. The Labute approximate surface area is 96.9 Å². The van der Waals surface area contributed by atoms with Crippen LogP contribution in [0.5, 0.6) is 0 Å². The lowest BCUT2D eigenvalue weighted by Gasteiger charge is -2.06. The Morgan fingerprint density at radius 3 is 3.00 bits per heavy atom. The van der Waals surface area contributed by atoms with Gasteiger partial charge in [-0.25, -0.2) is 14.8 Å². The van der Waals surface area contributed by atoms with Crippen molar-refractivity contribution in [3.05, 3.63) is 34.4 Å². The lowest BCUT2D eigenvalue weighted by atomic mass is 10.3. The third-order valence-electron chi connectivity index (χ3n) is 2.32. The monoisotopic (exact) mass is 233 g/mol. The standard InChI is InChI=1S/C11H11N3O3/c1-3-17-11(16)8-10(15)14(2)7-5-4-6-12-9(7)13-8/h4-6H,3H2,1-2H3. The van der Waals surface area contributed by atoms with Crippen molar-refractivity contribution in [2.75, 3.05) is 6.61 Å². The molecular formula is C11H11N3O3. The van der Waals surface area contributed by atoms with Crippen LogP contribution in [-0.4, -0.2) is 27.1 Å². The largest absolute Gasteiger partial charge is 0.461 e. The van der Waals surface area contributed by atoms with Crippen molar-refractivity contribution in [1.82, 2.24) is 14.5 Å². The van der Waals surface area contributed by atoms with E-state index in [0.29, 0.717) is 11.2 Å². The van der Waals surface area contributed by atoms with E-state index < -0.39 is 11.5 Å². The van der Waals surface area contributed by atoms with Gasteiger partial charge in [-0.1, -0.05) is 0 Å². The SMILES string of the molecule is CCOC(=O)c1nc2ncccc2n(C)c1=O. The van der Waals surface area contributed by atoms with Crippen molar-refractivity contribution in [1.29, 1.82) is 0 Å². The number of aryl methyl sites for hydroxylation is 1. The second-order valence-electron chi connectivity index (χ2n) is 3.39. The Bertz CT molecular complexity index is 633. The van der Waals surface area contributed by atoms with Crippen LogP contribution in [0, 0.1) is 0 Å². The molecule has 17 heavy (non-hydrogen) atoms. The molecule has 0 aliphatic carbocycles. The van der Waals surface area contributed by atoms with Gasteiger partial charge in [-0.15, -0.1) is 0 Å². The summed E-state index contributed by atoms with van der Waals surface area (Å²) < 4.78 is 6.11. The molecule has 88 valence electrons. The average molecular weight is 233 g/mol. The summed E-state index contributed by atoms with van der Waals surface area (Å²) in [5.41, 5.74) is 0.202. The quantitative estimate of drug-likeness (QED) is 0.706. The number of carbonyl (C=O) groups excluding carboxylic acids is 1. The topological polar surface area (TPSA) is 74.1 Å². The molecular weight excluding hydrogens is 222 g/mol. The molecule has 0 spiro atoms. The first-order chi connectivity index (χ1) is 8.15. The smallest absolute Gasteiger partial charge is 0.362 e. The molecule has 2 heterocycles. The van der Waals surface area contributed by atoms with Crippen molar-refractivity contribution in [3.8, 4) is 0 Å². The number of fused-ring (bicyclic) bond motifs is 1. The molecule has 0 unspecified atom stereocenters. The lowest BCUT2D eigenvalue weighted by molar-refractivity contribution is 0.0517. The van der Waals surface area contributed by atoms with Crippen LogP contribution in [0.2, 0.25) is 0 Å². The van der Waals surface area contributed by atoms with Crippen LogP contribution >= 0.6 is 0 Å². The predicted octanol–water partition coefficient (Wildman–Crippen LogP) is 0.505. The maximum atomic E-state index is 11.9. The van der Waals surface area contributed by atoms with Crippen LogP contribution in [0.3, 0.4) is 0 Å². The highest BCUT2D eigenvalue weighted by molar-refractivity contribution is 5.88. The maximum absolute atomic E-state index is 11.9. The molecule has 0 saturated heterocycles. The molecule has 0 aromatic carbocycles. The first-order valence-corrected chi connectivity index (χ1v) is 5.14. The van der Waals surface area contributed by atoms with Gasteiger partial charge in [0.25, 0.3) is 5.56 Å². The Balaban J connectivity index is 2.70. The molecule has 0 radical (unpaired) electrons. The fourth-order valence-electron chi connectivity index (χ4n) is 1.49. The molecule has 6 heteroatoms. The number of ether oxygens (including phenoxy) is 1. The number of hydrogen-bond acceptors (Lipinski definition) is 5. The molecule has 0 N–H and O–H groups in total. The van der Waals surface area contributed by atoms with Gasteiger partial charge < -0.3 is 9.30 Å². The first-order valence-electron chi connectivity index (χ1n) is 5.14. The van der Waals surface area contributed by atoms with Gasteiger partial charge in [0.05, 0.1) is 12.1 Å². The Morgan fingerprint density at radius 1 is 1.53 bits per heavy atom. The molecule has 0 atom stereocenters. The van der Waals surface area contributed by atoms with E-state index in [1.54, 1.807) is 32.3 Å². The highest BCUT2D eigenvalue weighted by Gasteiger charge is 2.17. The number of pyridine rings is 1. The zero-order valence-electron chi connectivity index (χ0n) is 9.51. The summed E-state index contributed by atoms with van der Waals surface area (Å²) in [6, 6.07) is 3.42. The zero-order valence-corrected chi connectivity index (χ0v) is 9.51. The molecule has 0 fully saturated rings. The first kappa shape index (κ1) is 11.3. The number of rotatable bonds is 2. The van der Waals surface area contributed by atoms with Crippen LogP contribution in [0.25, 0.3) is 11.2 Å². The summed E-state index contributed by atoms with van der Waals surface area (Å²) in [4.78, 5) is 31.3.